The van der Waals surface area contributed by atoms with Crippen LogP contribution >= 0.6 is 11.3 Å². The molecule has 0 unspecified atom stereocenters. The number of hydrogen-bond acceptors (Lipinski definition) is 3. The van der Waals surface area contributed by atoms with Gasteiger partial charge in [0.2, 0.25) is 0 Å². The van der Waals surface area contributed by atoms with Gasteiger partial charge >= 0.3 is 0 Å². The number of rotatable bonds is 4. The van der Waals surface area contributed by atoms with Crippen LogP contribution in [-0.2, 0) is 0 Å². The highest BCUT2D eigenvalue weighted by molar-refractivity contribution is 7.25. The molecule has 0 N–H and O–H groups in total. The normalized spacial score (nSPS) is 11.7. The van der Waals surface area contributed by atoms with Gasteiger partial charge in [-0.25, -0.2) is 0 Å². The minimum absolute atomic E-state index is 0.887. The van der Waals surface area contributed by atoms with E-state index in [9.17, 15) is 0 Å². The Morgan fingerprint density at radius 3 is 2.05 bits per heavy atom. The van der Waals surface area contributed by atoms with Crippen LogP contribution in [0.4, 0.5) is 17.1 Å². The molecule has 0 fully saturated rings. The van der Waals surface area contributed by atoms with E-state index < -0.39 is 0 Å². The maximum atomic E-state index is 6.71. The third kappa shape index (κ3) is 3.86. The number of hydrogen-bond donors (Lipinski definition) is 0. The number of thiophene rings is 1. The first-order valence-corrected chi connectivity index (χ1v) is 15.3. The topological polar surface area (TPSA) is 16.4 Å². The number of anilines is 3. The lowest BCUT2D eigenvalue weighted by Crippen LogP contribution is -2.10. The summed E-state index contributed by atoms with van der Waals surface area (Å²) in [6, 6.07) is 54.2. The third-order valence-electron chi connectivity index (χ3n) is 8.46. The number of para-hydroxylation sites is 1. The first kappa shape index (κ1) is 24.2. The molecular weight excluding hydrogens is 543 g/mol. The quantitative estimate of drug-likeness (QED) is 0.210. The Balaban J connectivity index is 1.29. The molecule has 9 aromatic rings. The molecule has 0 bridgehead atoms. The second kappa shape index (κ2) is 9.59. The van der Waals surface area contributed by atoms with Crippen LogP contribution in [0.3, 0.4) is 0 Å². The molecule has 3 heteroatoms. The molecule has 0 aliphatic carbocycles. The first-order chi connectivity index (χ1) is 21.3. The summed E-state index contributed by atoms with van der Waals surface area (Å²) in [5, 5.41) is 7.30. The van der Waals surface area contributed by atoms with Gasteiger partial charge in [0.05, 0.1) is 5.69 Å². The molecule has 2 nitrogen and oxygen atoms in total. The van der Waals surface area contributed by atoms with E-state index in [1.54, 1.807) is 0 Å². The van der Waals surface area contributed by atoms with Crippen LogP contribution in [0.15, 0.2) is 156 Å². The van der Waals surface area contributed by atoms with Crippen molar-refractivity contribution >= 4 is 81.3 Å². The summed E-state index contributed by atoms with van der Waals surface area (Å²) < 4.78 is 9.28. The third-order valence-corrected chi connectivity index (χ3v) is 9.59. The van der Waals surface area contributed by atoms with Crippen molar-refractivity contribution in [3.05, 3.63) is 152 Å². The smallest absolute Gasteiger partial charge is 0.159 e. The van der Waals surface area contributed by atoms with E-state index in [2.05, 4.69) is 157 Å². The molecule has 2 heterocycles. The van der Waals surface area contributed by atoms with Gasteiger partial charge in [0, 0.05) is 42.3 Å². The van der Waals surface area contributed by atoms with Crippen LogP contribution < -0.4 is 4.90 Å². The Morgan fingerprint density at radius 1 is 0.465 bits per heavy atom. The van der Waals surface area contributed by atoms with Crippen LogP contribution in [0.5, 0.6) is 0 Å². The molecule has 0 aliphatic rings. The molecule has 2 aromatic heterocycles. The Morgan fingerprint density at radius 2 is 1.16 bits per heavy atom. The van der Waals surface area contributed by atoms with Crippen molar-refractivity contribution in [1.82, 2.24) is 0 Å². The van der Waals surface area contributed by atoms with Crippen LogP contribution in [0.1, 0.15) is 0 Å². The summed E-state index contributed by atoms with van der Waals surface area (Å²) >= 11 is 1.84. The van der Waals surface area contributed by atoms with Gasteiger partial charge in [-0.2, -0.15) is 0 Å². The molecule has 0 aliphatic heterocycles. The summed E-state index contributed by atoms with van der Waals surface area (Å²) in [5.41, 5.74) is 7.39. The fraction of sp³-hybridized carbons (Fsp3) is 0. The van der Waals surface area contributed by atoms with E-state index in [4.69, 9.17) is 4.42 Å². The predicted molar refractivity (Wildman–Crippen MR) is 184 cm³/mol. The molecule has 0 spiro atoms. The zero-order valence-electron chi connectivity index (χ0n) is 23.2. The molecular formula is C40H25NOS. The highest BCUT2D eigenvalue weighted by Crippen LogP contribution is 2.45. The van der Waals surface area contributed by atoms with Crippen molar-refractivity contribution in [1.29, 1.82) is 0 Å². The van der Waals surface area contributed by atoms with Crippen molar-refractivity contribution in [3.63, 3.8) is 0 Å². The molecule has 0 amide bonds. The van der Waals surface area contributed by atoms with Crippen LogP contribution in [0, 0.1) is 0 Å². The standard InChI is InChI=1S/C40H25NOS/c1-2-9-26(10-3-1)27-17-20-29(21-18-27)41(30-22-23-33-32-13-6-7-16-37(32)43-38(33)25-30)35-15-8-14-34-39-31-12-5-4-11-28(31)19-24-36(39)42-40(34)35/h1-25H. The molecule has 0 saturated carbocycles. The second-order valence-corrected chi connectivity index (χ2v) is 12.0. The number of furan rings is 1. The fourth-order valence-corrected chi connectivity index (χ4v) is 7.58. The Hall–Kier alpha value is -5.38. The van der Waals surface area contributed by atoms with Gasteiger partial charge in [0.15, 0.2) is 5.58 Å². The van der Waals surface area contributed by atoms with Crippen LogP contribution in [-0.4, -0.2) is 0 Å². The number of nitrogens with zero attached hydrogens (tertiary/aromatic N) is 1. The number of fused-ring (bicyclic) bond motifs is 8. The Labute approximate surface area is 252 Å². The van der Waals surface area contributed by atoms with Crippen molar-refractivity contribution in [3.8, 4) is 11.1 Å². The van der Waals surface area contributed by atoms with E-state index in [-0.39, 0.29) is 0 Å². The Kier molecular flexibility index (Phi) is 5.40. The first-order valence-electron chi connectivity index (χ1n) is 14.5. The predicted octanol–water partition coefficient (Wildman–Crippen LogP) is 12.2. The highest BCUT2D eigenvalue weighted by Gasteiger charge is 2.21. The lowest BCUT2D eigenvalue weighted by molar-refractivity contribution is 0.669. The zero-order chi connectivity index (χ0) is 28.3. The molecule has 0 radical (unpaired) electrons. The molecule has 202 valence electrons. The lowest BCUT2D eigenvalue weighted by Gasteiger charge is -2.26. The molecule has 7 aromatic carbocycles. The van der Waals surface area contributed by atoms with E-state index in [1.165, 1.54) is 42.1 Å². The summed E-state index contributed by atoms with van der Waals surface area (Å²) in [4.78, 5) is 2.34. The number of benzene rings is 7. The van der Waals surface area contributed by atoms with Crippen LogP contribution in [0.25, 0.3) is 64.0 Å². The zero-order valence-corrected chi connectivity index (χ0v) is 24.0. The summed E-state index contributed by atoms with van der Waals surface area (Å²) in [7, 11) is 0. The van der Waals surface area contributed by atoms with E-state index in [0.29, 0.717) is 0 Å². The molecule has 0 saturated heterocycles. The molecule has 0 atom stereocenters. The Bertz CT molecular complexity index is 2450. The van der Waals surface area contributed by atoms with Gasteiger partial charge in [0.1, 0.15) is 5.58 Å². The van der Waals surface area contributed by atoms with Gasteiger partial charge in [-0.15, -0.1) is 11.3 Å². The molecule has 9 rings (SSSR count). The van der Waals surface area contributed by atoms with Crippen molar-refractivity contribution in [2.75, 3.05) is 4.90 Å². The van der Waals surface area contributed by atoms with Gasteiger partial charge in [0.25, 0.3) is 0 Å². The van der Waals surface area contributed by atoms with Gasteiger partial charge in [-0.1, -0.05) is 109 Å². The SMILES string of the molecule is c1ccc(-c2ccc(N(c3ccc4c(c3)sc3ccccc34)c3cccc4c3oc3ccc5ccccc5c34)cc2)cc1. The van der Waals surface area contributed by atoms with Crippen molar-refractivity contribution in [2.45, 2.75) is 0 Å². The average Bonchev–Trinajstić information content (AvgIpc) is 3.64. The summed E-state index contributed by atoms with van der Waals surface area (Å²) in [5.74, 6) is 0. The van der Waals surface area contributed by atoms with E-state index >= 15 is 0 Å². The summed E-state index contributed by atoms with van der Waals surface area (Å²) in [6.45, 7) is 0. The highest BCUT2D eigenvalue weighted by atomic mass is 32.1. The van der Waals surface area contributed by atoms with Crippen molar-refractivity contribution in [2.24, 2.45) is 0 Å². The van der Waals surface area contributed by atoms with E-state index in [0.717, 1.165) is 39.0 Å². The monoisotopic (exact) mass is 567 g/mol. The largest absolute Gasteiger partial charge is 0.454 e. The second-order valence-electron chi connectivity index (χ2n) is 10.9. The van der Waals surface area contributed by atoms with Gasteiger partial charge in [-0.05, 0) is 64.4 Å². The minimum atomic E-state index is 0.887. The average molecular weight is 568 g/mol. The van der Waals surface area contributed by atoms with Crippen LogP contribution in [0.2, 0.25) is 0 Å². The van der Waals surface area contributed by atoms with Gasteiger partial charge < -0.3 is 9.32 Å². The van der Waals surface area contributed by atoms with E-state index in [1.807, 2.05) is 11.3 Å². The maximum absolute atomic E-state index is 6.71. The van der Waals surface area contributed by atoms with Crippen molar-refractivity contribution < 1.29 is 4.42 Å². The molecule has 43 heavy (non-hydrogen) atoms. The maximum Gasteiger partial charge on any atom is 0.159 e. The summed E-state index contributed by atoms with van der Waals surface area (Å²) in [6.07, 6.45) is 0. The lowest BCUT2D eigenvalue weighted by atomic mass is 10.0. The minimum Gasteiger partial charge on any atom is -0.454 e. The van der Waals surface area contributed by atoms with Gasteiger partial charge in [-0.3, -0.25) is 0 Å². The fourth-order valence-electron chi connectivity index (χ4n) is 6.44.